The molecule has 0 saturated carbocycles. The second-order valence-electron chi connectivity index (χ2n) is 5.45. The Kier molecular flexibility index (Phi) is 5.96. The van der Waals surface area contributed by atoms with Crippen molar-refractivity contribution in [2.45, 2.75) is 24.5 Å². The van der Waals surface area contributed by atoms with E-state index in [0.717, 1.165) is 4.57 Å². The average Bonchev–Trinajstić information content (AvgIpc) is 2.71. The van der Waals surface area contributed by atoms with Gasteiger partial charge in [0.2, 0.25) is 0 Å². The van der Waals surface area contributed by atoms with Crippen LogP contribution in [0.4, 0.5) is 5.82 Å². The molecule has 2 rings (SSSR count). The van der Waals surface area contributed by atoms with Gasteiger partial charge in [-0.25, -0.2) is 0 Å². The molecule has 8 N–H and O–H groups in total. The van der Waals surface area contributed by atoms with E-state index in [9.17, 15) is 24.5 Å². The second kappa shape index (κ2) is 7.33. The van der Waals surface area contributed by atoms with Crippen LogP contribution in [0.2, 0.25) is 0 Å². The SMILES string of the molecule is Nc1ccn([C@@H]2O[C@H](COP(=O)(O)C[PH](O)(O)O)C(O)[C@@H]2O)c(=O)n1. The van der Waals surface area contributed by atoms with Crippen molar-refractivity contribution in [3.8, 4) is 0 Å². The molecular weight excluding hydrogens is 384 g/mol. The Morgan fingerprint density at radius 1 is 1.36 bits per heavy atom. The third-order valence-electron chi connectivity index (χ3n) is 3.32. The summed E-state index contributed by atoms with van der Waals surface area (Å²) in [6.07, 6.45) is -4.61. The molecule has 0 spiro atoms. The average molecular weight is 403 g/mol. The number of ether oxygens (including phenoxy) is 1. The van der Waals surface area contributed by atoms with E-state index in [2.05, 4.69) is 9.51 Å². The normalized spacial score (nSPS) is 30.2. The molecule has 1 aliphatic rings. The van der Waals surface area contributed by atoms with Gasteiger partial charge in [0.1, 0.15) is 0 Å². The monoisotopic (exact) mass is 403 g/mol. The zero-order chi connectivity index (χ0) is 19.0. The number of nitrogens with two attached hydrogens (primary N) is 1. The minimum absolute atomic E-state index is 0.0555. The minimum atomic E-state index is -4.84. The van der Waals surface area contributed by atoms with Crippen molar-refractivity contribution in [3.05, 3.63) is 22.7 Å². The molecule has 144 valence electrons. The summed E-state index contributed by atoms with van der Waals surface area (Å²) >= 11 is 0. The van der Waals surface area contributed by atoms with Crippen molar-refractivity contribution in [2.75, 3.05) is 18.2 Å². The molecule has 0 radical (unpaired) electrons. The van der Waals surface area contributed by atoms with Crippen molar-refractivity contribution in [1.29, 1.82) is 0 Å². The fourth-order valence-electron chi connectivity index (χ4n) is 2.22. The standard InChI is InChI=1S/C10H19N3O10P2/c11-6-1-2-13(10(16)12-6)9-8(15)7(14)5(23-9)3-22-25(20,21)4-24(17,18)19/h1-2,5,7-9,14-15,17-19,24H,3-4H2,(H,20,21)(H2,11,12,16)/t5-,7?,8+,9-/m1/s1. The molecule has 1 saturated heterocycles. The summed E-state index contributed by atoms with van der Waals surface area (Å²) in [6, 6.07) is 1.27. The summed E-state index contributed by atoms with van der Waals surface area (Å²) in [4.78, 5) is 51.2. The Balaban J connectivity index is 2.07. The number of rotatable bonds is 6. The molecule has 1 aromatic rings. The Morgan fingerprint density at radius 3 is 2.56 bits per heavy atom. The van der Waals surface area contributed by atoms with Crippen LogP contribution in [0.3, 0.4) is 0 Å². The number of aliphatic hydroxyl groups excluding tert-OH is 2. The number of aliphatic hydroxyl groups is 2. The molecule has 2 unspecified atom stereocenters. The molecule has 0 aliphatic carbocycles. The number of aromatic nitrogens is 2. The Bertz CT molecular complexity index is 722. The fourth-order valence-corrected chi connectivity index (χ4v) is 5.11. The van der Waals surface area contributed by atoms with Crippen molar-refractivity contribution in [1.82, 2.24) is 9.55 Å². The molecule has 0 bridgehead atoms. The maximum absolute atomic E-state index is 11.8. The van der Waals surface area contributed by atoms with Crippen molar-refractivity contribution in [2.24, 2.45) is 0 Å². The van der Waals surface area contributed by atoms with Gasteiger partial charge >= 0.3 is 140 Å². The predicted molar refractivity (Wildman–Crippen MR) is 84.4 cm³/mol. The Morgan fingerprint density at radius 2 is 2.00 bits per heavy atom. The molecule has 0 aromatic carbocycles. The molecular formula is C10H19N3O10P2. The van der Waals surface area contributed by atoms with Crippen molar-refractivity contribution in [3.63, 3.8) is 0 Å². The molecule has 13 nitrogen and oxygen atoms in total. The van der Waals surface area contributed by atoms with Gasteiger partial charge in [-0.15, -0.1) is 0 Å². The molecule has 25 heavy (non-hydrogen) atoms. The van der Waals surface area contributed by atoms with E-state index >= 15 is 0 Å². The topological polar surface area (TPSA) is 218 Å². The molecule has 15 heteroatoms. The summed E-state index contributed by atoms with van der Waals surface area (Å²) < 4.78 is 22.4. The van der Waals surface area contributed by atoms with Crippen molar-refractivity contribution >= 4 is 21.4 Å². The number of nitrogen functional groups attached to an aromatic ring is 1. The Hall–Kier alpha value is -0.980. The van der Waals surface area contributed by atoms with Gasteiger partial charge in [0.15, 0.2) is 0 Å². The molecule has 1 aromatic heterocycles. The number of anilines is 1. The quantitative estimate of drug-likeness (QED) is 0.238. The second-order valence-corrected chi connectivity index (χ2v) is 9.80. The van der Waals surface area contributed by atoms with E-state index in [4.69, 9.17) is 25.2 Å². The molecule has 1 fully saturated rings. The van der Waals surface area contributed by atoms with Gasteiger partial charge in [0.25, 0.3) is 0 Å². The van der Waals surface area contributed by atoms with Gasteiger partial charge in [-0.3, -0.25) is 0 Å². The van der Waals surface area contributed by atoms with Crippen LogP contribution in [-0.4, -0.2) is 70.2 Å². The fraction of sp³-hybridized carbons (Fsp3) is 0.600. The zero-order valence-electron chi connectivity index (χ0n) is 12.6. The van der Waals surface area contributed by atoms with Gasteiger partial charge in [0, 0.05) is 0 Å². The summed E-state index contributed by atoms with van der Waals surface area (Å²) in [5.74, 6) is -1.32. The van der Waals surface area contributed by atoms with E-state index in [1.165, 1.54) is 12.3 Å². The summed E-state index contributed by atoms with van der Waals surface area (Å²) in [5, 5.41) is 19.9. The van der Waals surface area contributed by atoms with E-state index in [0.29, 0.717) is 0 Å². The van der Waals surface area contributed by atoms with Gasteiger partial charge < -0.3 is 0 Å². The van der Waals surface area contributed by atoms with Crippen LogP contribution in [0.5, 0.6) is 0 Å². The number of hydrogen-bond acceptors (Lipinski definition) is 11. The summed E-state index contributed by atoms with van der Waals surface area (Å²) in [7, 11) is -9.41. The van der Waals surface area contributed by atoms with E-state index < -0.39 is 58.3 Å². The molecule has 1 aliphatic heterocycles. The number of hydrogen-bond donors (Lipinski definition) is 7. The van der Waals surface area contributed by atoms with Crippen LogP contribution >= 0.6 is 15.5 Å². The summed E-state index contributed by atoms with van der Waals surface area (Å²) in [5.41, 5.74) is 4.50. The van der Waals surface area contributed by atoms with Crippen LogP contribution in [0.1, 0.15) is 6.23 Å². The molecule has 2 heterocycles. The molecule has 0 amide bonds. The van der Waals surface area contributed by atoms with E-state index in [1.807, 2.05) is 0 Å². The summed E-state index contributed by atoms with van der Waals surface area (Å²) in [6.45, 7) is -0.718. The van der Waals surface area contributed by atoms with Crippen LogP contribution in [0, 0.1) is 0 Å². The third kappa shape index (κ3) is 5.25. The first-order chi connectivity index (χ1) is 11.4. The third-order valence-corrected chi connectivity index (χ3v) is 7.16. The van der Waals surface area contributed by atoms with Gasteiger partial charge in [-0.05, 0) is 0 Å². The van der Waals surface area contributed by atoms with Gasteiger partial charge in [-0.2, -0.15) is 0 Å². The van der Waals surface area contributed by atoms with Crippen LogP contribution in [0.25, 0.3) is 0 Å². The van der Waals surface area contributed by atoms with Gasteiger partial charge in [0.05, 0.1) is 0 Å². The predicted octanol–water partition coefficient (Wildman–Crippen LogP) is -2.92. The zero-order valence-corrected chi connectivity index (χ0v) is 14.5. The molecule has 5 atom stereocenters. The van der Waals surface area contributed by atoms with Crippen LogP contribution < -0.4 is 11.4 Å². The van der Waals surface area contributed by atoms with Crippen molar-refractivity contribution < 1.29 is 43.6 Å². The first kappa shape index (κ1) is 20.3. The van der Waals surface area contributed by atoms with Crippen LogP contribution in [-0.2, 0) is 13.8 Å². The van der Waals surface area contributed by atoms with Crippen LogP contribution in [0.15, 0.2) is 17.1 Å². The van der Waals surface area contributed by atoms with Gasteiger partial charge in [-0.1, -0.05) is 0 Å². The van der Waals surface area contributed by atoms with E-state index in [1.54, 1.807) is 0 Å². The first-order valence-electron chi connectivity index (χ1n) is 6.89. The maximum atomic E-state index is 11.8. The first-order valence-corrected chi connectivity index (χ1v) is 10.7. The number of nitrogens with zero attached hydrogens (tertiary/aromatic N) is 2. The van der Waals surface area contributed by atoms with E-state index in [-0.39, 0.29) is 5.82 Å². The Labute approximate surface area is 141 Å².